The number of methoxy groups -OCH3 is 1. The number of piperazine rings is 1. The summed E-state index contributed by atoms with van der Waals surface area (Å²) in [5.74, 6) is 0.524. The lowest BCUT2D eigenvalue weighted by Crippen LogP contribution is -2.66. The fourth-order valence-corrected chi connectivity index (χ4v) is 3.69. The minimum atomic E-state index is 0.0173. The Kier molecular flexibility index (Phi) is 4.64. The van der Waals surface area contributed by atoms with Gasteiger partial charge in [0, 0.05) is 39.3 Å². The fourth-order valence-electron chi connectivity index (χ4n) is 3.69. The van der Waals surface area contributed by atoms with Gasteiger partial charge in [0.05, 0.1) is 12.1 Å². The molecule has 2 aliphatic rings. The number of nitrogens with two attached hydrogens (primary N) is 1. The molecule has 0 amide bonds. The summed E-state index contributed by atoms with van der Waals surface area (Å²) in [7, 11) is 1.79. The van der Waals surface area contributed by atoms with E-state index in [9.17, 15) is 0 Å². The maximum atomic E-state index is 6.13. The Balaban J connectivity index is 2.10. The number of rotatable bonds is 5. The zero-order valence-electron chi connectivity index (χ0n) is 12.2. The van der Waals surface area contributed by atoms with Crippen LogP contribution in [-0.2, 0) is 4.74 Å². The Hall–Kier alpha value is -0.160. The maximum Gasteiger partial charge on any atom is 0.0661 e. The zero-order valence-corrected chi connectivity index (χ0v) is 12.2. The van der Waals surface area contributed by atoms with Crippen molar-refractivity contribution in [3.8, 4) is 0 Å². The van der Waals surface area contributed by atoms with E-state index in [-0.39, 0.29) is 5.54 Å². The third kappa shape index (κ3) is 2.44. The van der Waals surface area contributed by atoms with E-state index in [0.717, 1.165) is 19.2 Å². The van der Waals surface area contributed by atoms with Crippen molar-refractivity contribution >= 4 is 0 Å². The van der Waals surface area contributed by atoms with Gasteiger partial charge in [0.2, 0.25) is 0 Å². The van der Waals surface area contributed by atoms with E-state index in [0.29, 0.717) is 12.5 Å². The molecule has 2 N–H and O–H groups in total. The molecule has 4 heteroatoms. The summed E-state index contributed by atoms with van der Waals surface area (Å²) in [6.45, 7) is 10.8. The van der Waals surface area contributed by atoms with Crippen LogP contribution in [-0.4, -0.2) is 67.8 Å². The summed E-state index contributed by atoms with van der Waals surface area (Å²) >= 11 is 0. The molecule has 18 heavy (non-hydrogen) atoms. The average Bonchev–Trinajstić information content (AvgIpc) is 2.82. The SMILES string of the molecule is COCC(CN)(C(C)C)N1CCN2CCCC2C1. The lowest BCUT2D eigenvalue weighted by Gasteiger charge is -2.50. The second kappa shape index (κ2) is 5.87. The number of hydrogen-bond donors (Lipinski definition) is 1. The minimum Gasteiger partial charge on any atom is -0.383 e. The Morgan fingerprint density at radius 3 is 2.72 bits per heavy atom. The molecule has 2 saturated heterocycles. The quantitative estimate of drug-likeness (QED) is 0.788. The molecule has 2 fully saturated rings. The van der Waals surface area contributed by atoms with E-state index in [2.05, 4.69) is 23.6 Å². The molecule has 0 spiro atoms. The topological polar surface area (TPSA) is 41.7 Å². The zero-order chi connectivity index (χ0) is 13.2. The van der Waals surface area contributed by atoms with Crippen LogP contribution in [0.4, 0.5) is 0 Å². The molecule has 106 valence electrons. The smallest absolute Gasteiger partial charge is 0.0661 e. The monoisotopic (exact) mass is 255 g/mol. The number of fused-ring (bicyclic) bond motifs is 1. The molecule has 0 aromatic rings. The van der Waals surface area contributed by atoms with E-state index < -0.39 is 0 Å². The van der Waals surface area contributed by atoms with Gasteiger partial charge in [-0.05, 0) is 25.3 Å². The molecule has 0 aliphatic carbocycles. The van der Waals surface area contributed by atoms with Crippen LogP contribution < -0.4 is 5.73 Å². The van der Waals surface area contributed by atoms with Gasteiger partial charge < -0.3 is 10.5 Å². The van der Waals surface area contributed by atoms with Gasteiger partial charge in [0.15, 0.2) is 0 Å². The lowest BCUT2D eigenvalue weighted by molar-refractivity contribution is -0.0492. The van der Waals surface area contributed by atoms with Crippen LogP contribution in [0.1, 0.15) is 26.7 Å². The Morgan fingerprint density at radius 1 is 1.33 bits per heavy atom. The summed E-state index contributed by atoms with van der Waals surface area (Å²) in [6.07, 6.45) is 2.71. The van der Waals surface area contributed by atoms with Crippen molar-refractivity contribution in [1.29, 1.82) is 0 Å². The van der Waals surface area contributed by atoms with Crippen molar-refractivity contribution in [3.05, 3.63) is 0 Å². The van der Waals surface area contributed by atoms with E-state index in [1.54, 1.807) is 7.11 Å². The van der Waals surface area contributed by atoms with Crippen molar-refractivity contribution in [2.24, 2.45) is 11.7 Å². The standard InChI is InChI=1S/C14H29N3O/c1-12(2)14(10-15,11-18-3)17-8-7-16-6-4-5-13(16)9-17/h12-13H,4-11,15H2,1-3H3. The van der Waals surface area contributed by atoms with Crippen LogP contribution in [0.5, 0.6) is 0 Å². The highest BCUT2D eigenvalue weighted by molar-refractivity contribution is 4.99. The van der Waals surface area contributed by atoms with E-state index in [4.69, 9.17) is 10.5 Å². The van der Waals surface area contributed by atoms with Gasteiger partial charge in [0.1, 0.15) is 0 Å². The summed E-state index contributed by atoms with van der Waals surface area (Å²) in [5, 5.41) is 0. The number of ether oxygens (including phenoxy) is 1. The van der Waals surface area contributed by atoms with Gasteiger partial charge in [-0.1, -0.05) is 13.8 Å². The van der Waals surface area contributed by atoms with Gasteiger partial charge in [-0.25, -0.2) is 0 Å². The highest BCUT2D eigenvalue weighted by Crippen LogP contribution is 2.30. The van der Waals surface area contributed by atoms with Crippen molar-refractivity contribution in [2.45, 2.75) is 38.3 Å². The largest absolute Gasteiger partial charge is 0.383 e. The molecule has 4 nitrogen and oxygen atoms in total. The maximum absolute atomic E-state index is 6.13. The van der Waals surface area contributed by atoms with Crippen LogP contribution >= 0.6 is 0 Å². The normalized spacial score (nSPS) is 29.5. The first kappa shape index (κ1) is 14.3. The first-order valence-corrected chi connectivity index (χ1v) is 7.32. The Labute approximate surface area is 111 Å². The third-order valence-electron chi connectivity index (χ3n) is 5.04. The molecular formula is C14H29N3O. The van der Waals surface area contributed by atoms with Crippen LogP contribution in [0.15, 0.2) is 0 Å². The average molecular weight is 255 g/mol. The summed E-state index contributed by atoms with van der Waals surface area (Å²) in [5.41, 5.74) is 6.14. The van der Waals surface area contributed by atoms with Gasteiger partial charge in [-0.15, -0.1) is 0 Å². The molecule has 2 atom stereocenters. The fraction of sp³-hybridized carbons (Fsp3) is 1.00. The van der Waals surface area contributed by atoms with Crippen LogP contribution in [0.2, 0.25) is 0 Å². The molecular weight excluding hydrogens is 226 g/mol. The summed E-state index contributed by atoms with van der Waals surface area (Å²) in [6, 6.07) is 0.750. The molecule has 2 aliphatic heterocycles. The van der Waals surface area contributed by atoms with Crippen LogP contribution in [0.3, 0.4) is 0 Å². The predicted molar refractivity (Wildman–Crippen MR) is 74.7 cm³/mol. The van der Waals surface area contributed by atoms with Gasteiger partial charge in [0.25, 0.3) is 0 Å². The molecule has 2 rings (SSSR count). The highest BCUT2D eigenvalue weighted by Gasteiger charge is 2.43. The van der Waals surface area contributed by atoms with Gasteiger partial charge in [-0.3, -0.25) is 9.80 Å². The van der Waals surface area contributed by atoms with Gasteiger partial charge in [-0.2, -0.15) is 0 Å². The second-order valence-corrected chi connectivity index (χ2v) is 6.17. The van der Waals surface area contributed by atoms with Crippen molar-refractivity contribution in [3.63, 3.8) is 0 Å². The summed E-state index contributed by atoms with van der Waals surface area (Å²) in [4.78, 5) is 5.25. The Bertz CT molecular complexity index is 272. The molecule has 0 aromatic heterocycles. The second-order valence-electron chi connectivity index (χ2n) is 6.17. The molecule has 0 saturated carbocycles. The predicted octanol–water partition coefficient (Wildman–Crippen LogP) is 0.766. The molecule has 2 heterocycles. The number of hydrogen-bond acceptors (Lipinski definition) is 4. The highest BCUT2D eigenvalue weighted by atomic mass is 16.5. The van der Waals surface area contributed by atoms with E-state index in [1.165, 1.54) is 32.5 Å². The Morgan fingerprint density at radius 2 is 2.11 bits per heavy atom. The van der Waals surface area contributed by atoms with Crippen LogP contribution in [0, 0.1) is 5.92 Å². The van der Waals surface area contributed by atoms with Crippen molar-refractivity contribution < 1.29 is 4.74 Å². The van der Waals surface area contributed by atoms with E-state index in [1.807, 2.05) is 0 Å². The first-order chi connectivity index (χ1) is 8.64. The van der Waals surface area contributed by atoms with Crippen LogP contribution in [0.25, 0.3) is 0 Å². The van der Waals surface area contributed by atoms with Crippen molar-refractivity contribution in [1.82, 2.24) is 9.80 Å². The number of nitrogens with zero attached hydrogens (tertiary/aromatic N) is 2. The van der Waals surface area contributed by atoms with Crippen molar-refractivity contribution in [2.75, 3.05) is 46.4 Å². The van der Waals surface area contributed by atoms with Gasteiger partial charge >= 0.3 is 0 Å². The molecule has 0 bridgehead atoms. The molecule has 0 aromatic carbocycles. The first-order valence-electron chi connectivity index (χ1n) is 7.32. The lowest BCUT2D eigenvalue weighted by atomic mass is 9.84. The van der Waals surface area contributed by atoms with E-state index >= 15 is 0 Å². The molecule has 0 radical (unpaired) electrons. The molecule has 2 unspecified atom stereocenters. The third-order valence-corrected chi connectivity index (χ3v) is 5.04. The summed E-state index contributed by atoms with van der Waals surface area (Å²) < 4.78 is 5.49. The minimum absolute atomic E-state index is 0.0173.